The van der Waals surface area contributed by atoms with E-state index in [0.29, 0.717) is 29.2 Å². The number of hydrogen-bond acceptors (Lipinski definition) is 6. The number of nitrogens with zero attached hydrogens (tertiary/aromatic N) is 3. The molecule has 1 amide bonds. The summed E-state index contributed by atoms with van der Waals surface area (Å²) in [4.78, 5) is 24.0. The Morgan fingerprint density at radius 2 is 2.00 bits per heavy atom. The molecule has 0 radical (unpaired) electrons. The Labute approximate surface area is 203 Å². The van der Waals surface area contributed by atoms with Crippen LogP contribution in [0.1, 0.15) is 24.5 Å². The number of carbonyl (C=O) groups is 1. The van der Waals surface area contributed by atoms with E-state index in [4.69, 9.17) is 31.8 Å². The van der Waals surface area contributed by atoms with Crippen LogP contribution in [0.3, 0.4) is 0 Å². The fraction of sp³-hybridized carbons (Fsp3) is 0.269. The SMILES string of the molecule is COc1cccc(CC2(C)CC3(N=C(N)N(C)C3=O)c3cc(-c4cncc(Cl)c4)ccc3O2)c1. The zero-order valence-corrected chi connectivity index (χ0v) is 20.0. The highest BCUT2D eigenvalue weighted by Gasteiger charge is 2.56. The Kier molecular flexibility index (Phi) is 5.24. The number of guanidine groups is 1. The highest BCUT2D eigenvalue weighted by atomic mass is 35.5. The van der Waals surface area contributed by atoms with Crippen LogP contribution >= 0.6 is 11.6 Å². The lowest BCUT2D eigenvalue weighted by molar-refractivity contribution is -0.133. The second-order valence-electron chi connectivity index (χ2n) is 9.05. The molecule has 2 unspecified atom stereocenters. The Balaban J connectivity index is 1.62. The summed E-state index contributed by atoms with van der Waals surface area (Å²) in [5, 5.41) is 0.533. The summed E-state index contributed by atoms with van der Waals surface area (Å²) in [6, 6.07) is 15.4. The molecule has 2 aliphatic rings. The van der Waals surface area contributed by atoms with Gasteiger partial charge in [-0.2, -0.15) is 0 Å². The van der Waals surface area contributed by atoms with E-state index in [-0.39, 0.29) is 11.9 Å². The molecule has 174 valence electrons. The number of fused-ring (bicyclic) bond motifs is 2. The van der Waals surface area contributed by atoms with Gasteiger partial charge in [0.05, 0.1) is 12.1 Å². The van der Waals surface area contributed by atoms with Crippen molar-refractivity contribution in [2.45, 2.75) is 30.9 Å². The van der Waals surface area contributed by atoms with Gasteiger partial charge in [-0.15, -0.1) is 0 Å². The maximum atomic E-state index is 13.6. The van der Waals surface area contributed by atoms with Gasteiger partial charge in [0.25, 0.3) is 5.91 Å². The van der Waals surface area contributed by atoms with Gasteiger partial charge >= 0.3 is 0 Å². The quantitative estimate of drug-likeness (QED) is 0.610. The van der Waals surface area contributed by atoms with Gasteiger partial charge in [-0.1, -0.05) is 29.8 Å². The standard InChI is InChI=1S/C26H25ClN4O3/c1-25(12-16-5-4-6-20(9-16)33-3)15-26(23(32)31(2)24(28)30-26)21-11-17(7-8-22(21)34-25)18-10-19(27)14-29-13-18/h4-11,13-14H,12,15H2,1-3H3,(H2,28,30). The Hall–Kier alpha value is -3.58. The Morgan fingerprint density at radius 3 is 2.71 bits per heavy atom. The van der Waals surface area contributed by atoms with Crippen molar-refractivity contribution < 1.29 is 14.3 Å². The predicted molar refractivity (Wildman–Crippen MR) is 131 cm³/mol. The molecule has 1 aromatic heterocycles. The van der Waals surface area contributed by atoms with Crippen LogP contribution in [0.5, 0.6) is 11.5 Å². The molecule has 5 rings (SSSR count). The first-order chi connectivity index (χ1) is 16.2. The predicted octanol–water partition coefficient (Wildman–Crippen LogP) is 4.18. The number of nitrogens with two attached hydrogens (primary N) is 1. The summed E-state index contributed by atoms with van der Waals surface area (Å²) in [6.07, 6.45) is 4.22. The van der Waals surface area contributed by atoms with E-state index >= 15 is 0 Å². The van der Waals surface area contributed by atoms with Gasteiger partial charge < -0.3 is 15.2 Å². The molecule has 2 aliphatic heterocycles. The molecule has 2 N–H and O–H groups in total. The lowest BCUT2D eigenvalue weighted by Gasteiger charge is -2.43. The fourth-order valence-corrected chi connectivity index (χ4v) is 5.11. The first-order valence-electron chi connectivity index (χ1n) is 10.9. The summed E-state index contributed by atoms with van der Waals surface area (Å²) in [5.41, 5.74) is 7.69. The van der Waals surface area contributed by atoms with Crippen LogP contribution in [-0.2, 0) is 16.8 Å². The number of rotatable bonds is 4. The third kappa shape index (κ3) is 3.66. The van der Waals surface area contributed by atoms with Crippen molar-refractivity contribution >= 4 is 23.5 Å². The molecule has 3 aromatic rings. The van der Waals surface area contributed by atoms with Gasteiger partial charge in [0, 0.05) is 43.4 Å². The van der Waals surface area contributed by atoms with Gasteiger partial charge in [0.15, 0.2) is 11.5 Å². The molecule has 34 heavy (non-hydrogen) atoms. The highest BCUT2D eigenvalue weighted by Crippen LogP contribution is 2.50. The van der Waals surface area contributed by atoms with E-state index < -0.39 is 11.1 Å². The number of hydrogen-bond donors (Lipinski definition) is 1. The van der Waals surface area contributed by atoms with Gasteiger partial charge in [-0.3, -0.25) is 14.7 Å². The average Bonchev–Trinajstić information content (AvgIpc) is 3.02. The van der Waals surface area contributed by atoms with E-state index in [9.17, 15) is 4.79 Å². The zero-order valence-electron chi connectivity index (χ0n) is 19.2. The molecule has 2 atom stereocenters. The van der Waals surface area contributed by atoms with Gasteiger partial charge in [-0.25, -0.2) is 4.99 Å². The molecule has 0 bridgehead atoms. The molecule has 8 heteroatoms. The summed E-state index contributed by atoms with van der Waals surface area (Å²) in [7, 11) is 3.29. The summed E-state index contributed by atoms with van der Waals surface area (Å²) < 4.78 is 11.9. The van der Waals surface area contributed by atoms with E-state index in [2.05, 4.69) is 4.98 Å². The first kappa shape index (κ1) is 22.2. The lowest BCUT2D eigenvalue weighted by Crippen LogP contribution is -2.51. The maximum absolute atomic E-state index is 13.6. The normalized spacial score (nSPS) is 23.5. The molecule has 0 fully saturated rings. The molecule has 2 aromatic carbocycles. The van der Waals surface area contributed by atoms with Crippen LogP contribution in [0.2, 0.25) is 5.02 Å². The monoisotopic (exact) mass is 476 g/mol. The molecule has 0 saturated carbocycles. The molecular formula is C26H25ClN4O3. The average molecular weight is 477 g/mol. The number of halogens is 1. The first-order valence-corrected chi connectivity index (χ1v) is 11.3. The van der Waals surface area contributed by atoms with E-state index in [1.165, 1.54) is 4.90 Å². The van der Waals surface area contributed by atoms with Crippen LogP contribution in [0.25, 0.3) is 11.1 Å². The molecule has 0 aliphatic carbocycles. The molecular weight excluding hydrogens is 452 g/mol. The second kappa shape index (κ2) is 8.02. The fourth-order valence-electron chi connectivity index (χ4n) is 4.93. The van der Waals surface area contributed by atoms with Gasteiger partial charge in [0.2, 0.25) is 0 Å². The number of aromatic nitrogens is 1. The highest BCUT2D eigenvalue weighted by molar-refractivity contribution is 6.30. The topological polar surface area (TPSA) is 90.0 Å². The van der Waals surface area contributed by atoms with Crippen molar-refractivity contribution in [3.8, 4) is 22.6 Å². The third-order valence-electron chi connectivity index (χ3n) is 6.47. The molecule has 3 heterocycles. The van der Waals surface area contributed by atoms with Crippen molar-refractivity contribution in [1.82, 2.24) is 9.88 Å². The number of carbonyl (C=O) groups excluding carboxylic acids is 1. The van der Waals surface area contributed by atoms with Crippen LogP contribution in [-0.4, -0.2) is 41.5 Å². The van der Waals surface area contributed by atoms with Gasteiger partial charge in [-0.05, 0) is 48.4 Å². The minimum Gasteiger partial charge on any atom is -0.497 e. The molecule has 0 saturated heterocycles. The van der Waals surface area contributed by atoms with Crippen molar-refractivity contribution in [1.29, 1.82) is 0 Å². The van der Waals surface area contributed by atoms with Crippen LogP contribution in [0.4, 0.5) is 0 Å². The lowest BCUT2D eigenvalue weighted by atomic mass is 9.74. The van der Waals surface area contributed by atoms with Crippen molar-refractivity contribution in [3.63, 3.8) is 0 Å². The summed E-state index contributed by atoms with van der Waals surface area (Å²) >= 11 is 6.16. The summed E-state index contributed by atoms with van der Waals surface area (Å²) in [6.45, 7) is 2.00. The van der Waals surface area contributed by atoms with Crippen molar-refractivity contribution in [2.75, 3.05) is 14.2 Å². The summed E-state index contributed by atoms with van der Waals surface area (Å²) in [5.74, 6) is 1.39. The molecule has 1 spiro atoms. The number of methoxy groups -OCH3 is 1. The van der Waals surface area contributed by atoms with Crippen molar-refractivity contribution in [2.24, 2.45) is 10.7 Å². The van der Waals surface area contributed by atoms with E-state index in [1.54, 1.807) is 26.6 Å². The van der Waals surface area contributed by atoms with E-state index in [1.807, 2.05) is 55.5 Å². The largest absolute Gasteiger partial charge is 0.497 e. The number of aliphatic imine (C=N–C) groups is 1. The minimum absolute atomic E-state index is 0.173. The number of ether oxygens (including phenoxy) is 2. The third-order valence-corrected chi connectivity index (χ3v) is 6.68. The van der Waals surface area contributed by atoms with Crippen molar-refractivity contribution in [3.05, 3.63) is 77.1 Å². The number of amides is 1. The van der Waals surface area contributed by atoms with Crippen LogP contribution < -0.4 is 15.2 Å². The minimum atomic E-state index is -1.18. The Morgan fingerprint density at radius 1 is 1.18 bits per heavy atom. The smallest absolute Gasteiger partial charge is 0.261 e. The number of pyridine rings is 1. The zero-order chi connectivity index (χ0) is 24.1. The van der Waals surface area contributed by atoms with Crippen LogP contribution in [0, 0.1) is 0 Å². The van der Waals surface area contributed by atoms with Crippen LogP contribution in [0.15, 0.2) is 65.9 Å². The number of likely N-dealkylation sites (N-methyl/N-ethyl adjacent to an activating group) is 1. The maximum Gasteiger partial charge on any atom is 0.261 e. The van der Waals surface area contributed by atoms with Gasteiger partial charge in [0.1, 0.15) is 17.1 Å². The second-order valence-corrected chi connectivity index (χ2v) is 9.49. The Bertz CT molecular complexity index is 1330. The molecule has 7 nitrogen and oxygen atoms in total. The van der Waals surface area contributed by atoms with E-state index in [0.717, 1.165) is 22.4 Å². The number of benzene rings is 2.